The fourth-order valence-electron chi connectivity index (χ4n) is 3.89. The van der Waals surface area contributed by atoms with Crippen molar-refractivity contribution in [3.05, 3.63) is 64.2 Å². The normalized spacial score (nSPS) is 20.8. The van der Waals surface area contributed by atoms with Gasteiger partial charge in [-0.3, -0.25) is 4.99 Å². The molecule has 0 fully saturated rings. The molecular weight excluding hydrogens is 334 g/mol. The predicted molar refractivity (Wildman–Crippen MR) is 96.0 cm³/mol. The Labute approximate surface area is 155 Å². The second-order valence-electron chi connectivity index (χ2n) is 6.88. The predicted octanol–water partition coefficient (Wildman–Crippen LogP) is -1.29. The van der Waals surface area contributed by atoms with Crippen LogP contribution in [0.3, 0.4) is 0 Å². The number of hydrogen-bond donors (Lipinski definition) is 3. The molecule has 2 aromatic rings. The summed E-state index contributed by atoms with van der Waals surface area (Å²) in [6, 6.07) is 13.2. The van der Waals surface area contributed by atoms with Crippen LogP contribution in [0.5, 0.6) is 0 Å². The minimum atomic E-state index is 0. The highest BCUT2D eigenvalue weighted by atomic mass is 35.5. The van der Waals surface area contributed by atoms with Crippen molar-refractivity contribution in [1.29, 1.82) is 0 Å². The SMILES string of the molecule is Cc1cc(C)c(NNC2=[NH+][C@H]3c4ccccc4C[C@H]3OC2)c(C)c1.[Cl-]. The van der Waals surface area contributed by atoms with Gasteiger partial charge in [-0.2, -0.15) is 5.43 Å². The first-order chi connectivity index (χ1) is 11.6. The van der Waals surface area contributed by atoms with E-state index >= 15 is 0 Å². The van der Waals surface area contributed by atoms with E-state index in [4.69, 9.17) is 4.74 Å². The first-order valence-electron chi connectivity index (χ1n) is 8.53. The second-order valence-corrected chi connectivity index (χ2v) is 6.88. The molecule has 0 amide bonds. The van der Waals surface area contributed by atoms with Crippen molar-refractivity contribution in [2.45, 2.75) is 39.3 Å². The summed E-state index contributed by atoms with van der Waals surface area (Å²) in [5.41, 5.74) is 14.3. The summed E-state index contributed by atoms with van der Waals surface area (Å²) in [5, 5.41) is 0. The van der Waals surface area contributed by atoms with Gasteiger partial charge in [0.05, 0.1) is 5.69 Å². The topological polar surface area (TPSA) is 47.3 Å². The molecule has 0 radical (unpaired) electrons. The number of nitrogens with one attached hydrogen (secondary N) is 3. The molecule has 0 unspecified atom stereocenters. The molecule has 0 spiro atoms. The number of hydrogen-bond acceptors (Lipinski definition) is 3. The van der Waals surface area contributed by atoms with Crippen molar-refractivity contribution in [3.8, 4) is 0 Å². The van der Waals surface area contributed by atoms with Crippen LogP contribution in [0.25, 0.3) is 0 Å². The number of halogens is 1. The molecule has 4 nitrogen and oxygen atoms in total. The first kappa shape index (κ1) is 17.8. The van der Waals surface area contributed by atoms with Gasteiger partial charge in [-0.25, -0.2) is 5.43 Å². The standard InChI is InChI=1S/C20H23N3O.ClH/c1-12-8-13(2)19(14(3)9-12)23-22-18-11-24-17-10-15-6-4-5-7-16(15)20(17)21-18;/h4-9,17,20,23H,10-11H2,1-3H3,(H,21,22);1H/t17-,20+;/m1./s1. The molecule has 4 rings (SSSR count). The van der Waals surface area contributed by atoms with E-state index in [0.29, 0.717) is 6.61 Å². The number of aryl methyl sites for hydroxylation is 3. The maximum absolute atomic E-state index is 6.06. The number of anilines is 1. The molecule has 2 aliphatic rings. The average Bonchev–Trinajstić information content (AvgIpc) is 2.92. The first-order valence-corrected chi connectivity index (χ1v) is 8.53. The molecule has 2 atom stereocenters. The maximum atomic E-state index is 6.06. The zero-order chi connectivity index (χ0) is 16.7. The maximum Gasteiger partial charge on any atom is 0.292 e. The number of amidine groups is 1. The molecule has 2 aromatic carbocycles. The highest BCUT2D eigenvalue weighted by molar-refractivity contribution is 5.80. The molecule has 1 aliphatic heterocycles. The summed E-state index contributed by atoms with van der Waals surface area (Å²) >= 11 is 0. The van der Waals surface area contributed by atoms with Crippen LogP contribution < -0.4 is 28.3 Å². The number of hydrazine groups is 1. The molecule has 5 heteroatoms. The third-order valence-corrected chi connectivity index (χ3v) is 4.97. The summed E-state index contributed by atoms with van der Waals surface area (Å²) in [4.78, 5) is 3.61. The van der Waals surface area contributed by atoms with Gasteiger partial charge in [-0.1, -0.05) is 42.0 Å². The van der Waals surface area contributed by atoms with Gasteiger partial charge in [-0.05, 0) is 37.5 Å². The Morgan fingerprint density at radius 1 is 1.04 bits per heavy atom. The third kappa shape index (κ3) is 3.37. The second kappa shape index (κ2) is 7.06. The van der Waals surface area contributed by atoms with Crippen molar-refractivity contribution in [2.24, 2.45) is 0 Å². The van der Waals surface area contributed by atoms with Gasteiger partial charge in [0.15, 0.2) is 0 Å². The van der Waals surface area contributed by atoms with Crippen LogP contribution in [0.15, 0.2) is 36.4 Å². The summed E-state index contributed by atoms with van der Waals surface area (Å²) in [6.07, 6.45) is 1.22. The summed E-state index contributed by atoms with van der Waals surface area (Å²) in [5.74, 6) is 0.979. The number of rotatable bonds is 2. The highest BCUT2D eigenvalue weighted by Gasteiger charge is 2.38. The van der Waals surface area contributed by atoms with Gasteiger partial charge in [0.1, 0.15) is 18.8 Å². The van der Waals surface area contributed by atoms with Gasteiger partial charge in [0.2, 0.25) is 0 Å². The quantitative estimate of drug-likeness (QED) is 0.586. The van der Waals surface area contributed by atoms with Gasteiger partial charge in [0, 0.05) is 12.0 Å². The lowest BCUT2D eigenvalue weighted by Crippen LogP contribution is -3.00. The molecule has 0 aromatic heterocycles. The minimum absolute atomic E-state index is 0. The highest BCUT2D eigenvalue weighted by Crippen LogP contribution is 2.31. The number of benzene rings is 2. The lowest BCUT2D eigenvalue weighted by atomic mass is 10.1. The van der Waals surface area contributed by atoms with E-state index in [1.54, 1.807) is 0 Å². The molecule has 3 N–H and O–H groups in total. The fraction of sp³-hybridized carbons (Fsp3) is 0.350. The molecule has 0 saturated carbocycles. The zero-order valence-corrected chi connectivity index (χ0v) is 15.6. The Hall–Kier alpha value is -2.04. The zero-order valence-electron chi connectivity index (χ0n) is 14.8. The van der Waals surface area contributed by atoms with Crippen molar-refractivity contribution >= 4 is 11.5 Å². The van der Waals surface area contributed by atoms with Crippen LogP contribution in [0.2, 0.25) is 0 Å². The van der Waals surface area contributed by atoms with Crippen LogP contribution in [-0.2, 0) is 11.2 Å². The van der Waals surface area contributed by atoms with Crippen molar-refractivity contribution in [3.63, 3.8) is 0 Å². The van der Waals surface area contributed by atoms with Gasteiger partial charge in [0.25, 0.3) is 5.84 Å². The molecule has 132 valence electrons. The fourth-order valence-corrected chi connectivity index (χ4v) is 3.89. The molecular formula is C20H24ClN3O. The Balaban J connectivity index is 0.00000182. The van der Waals surface area contributed by atoms with E-state index in [0.717, 1.165) is 17.9 Å². The lowest BCUT2D eigenvalue weighted by molar-refractivity contribution is -0.536. The summed E-state index contributed by atoms with van der Waals surface area (Å²) in [7, 11) is 0. The van der Waals surface area contributed by atoms with Crippen molar-refractivity contribution < 1.29 is 22.1 Å². The molecule has 1 aliphatic carbocycles. The van der Waals surface area contributed by atoms with Crippen molar-refractivity contribution in [2.75, 3.05) is 12.0 Å². The third-order valence-electron chi connectivity index (χ3n) is 4.97. The van der Waals surface area contributed by atoms with E-state index in [9.17, 15) is 0 Å². The van der Waals surface area contributed by atoms with Crippen molar-refractivity contribution in [1.82, 2.24) is 5.43 Å². The van der Waals surface area contributed by atoms with Crippen LogP contribution in [0, 0.1) is 20.8 Å². The largest absolute Gasteiger partial charge is 1.00 e. The smallest absolute Gasteiger partial charge is 0.292 e. The average molecular weight is 358 g/mol. The lowest BCUT2D eigenvalue weighted by Gasteiger charge is -2.22. The number of fused-ring (bicyclic) bond motifs is 3. The Morgan fingerprint density at radius 3 is 2.52 bits per heavy atom. The van der Waals surface area contributed by atoms with E-state index in [-0.39, 0.29) is 24.6 Å². The summed E-state index contributed by atoms with van der Waals surface area (Å²) < 4.78 is 6.06. The molecule has 25 heavy (non-hydrogen) atoms. The van der Waals surface area contributed by atoms with E-state index in [1.165, 1.54) is 27.8 Å². The minimum Gasteiger partial charge on any atom is -1.00 e. The van der Waals surface area contributed by atoms with Gasteiger partial charge in [-0.15, -0.1) is 0 Å². The van der Waals surface area contributed by atoms with Crippen LogP contribution >= 0.6 is 0 Å². The number of ether oxygens (including phenoxy) is 1. The monoisotopic (exact) mass is 357 g/mol. The molecule has 0 bridgehead atoms. The van der Waals surface area contributed by atoms with Crippen LogP contribution in [-0.4, -0.2) is 18.5 Å². The summed E-state index contributed by atoms with van der Waals surface area (Å²) in [6.45, 7) is 6.96. The van der Waals surface area contributed by atoms with E-state index in [1.807, 2.05) is 0 Å². The van der Waals surface area contributed by atoms with Crippen LogP contribution in [0.1, 0.15) is 33.9 Å². The van der Waals surface area contributed by atoms with E-state index < -0.39 is 0 Å². The van der Waals surface area contributed by atoms with E-state index in [2.05, 4.69) is 73.0 Å². The molecule has 0 saturated heterocycles. The Morgan fingerprint density at radius 2 is 1.76 bits per heavy atom. The Bertz CT molecular complexity index is 795. The van der Waals surface area contributed by atoms with Crippen LogP contribution in [0.4, 0.5) is 5.69 Å². The van der Waals surface area contributed by atoms with Gasteiger partial charge >= 0.3 is 0 Å². The molecule has 1 heterocycles. The Kier molecular flexibility index (Phi) is 5.02. The van der Waals surface area contributed by atoms with Gasteiger partial charge < -0.3 is 17.1 Å².